The van der Waals surface area contributed by atoms with Crippen LogP contribution in [0.3, 0.4) is 0 Å². The minimum atomic E-state index is -0.250. The number of carbonyl (C=O) groups excluding carboxylic acids is 1. The molecule has 2 N–H and O–H groups in total. The summed E-state index contributed by atoms with van der Waals surface area (Å²) in [5.74, 6) is 0.894. The number of amides is 1. The Hall–Kier alpha value is -3.12. The zero-order valence-corrected chi connectivity index (χ0v) is 14.9. The molecular formula is C20H22N4O2. The van der Waals surface area contributed by atoms with Gasteiger partial charge in [-0.2, -0.15) is 5.10 Å². The highest BCUT2D eigenvalue weighted by Gasteiger charge is 2.08. The maximum Gasteiger partial charge on any atom is 0.263 e. The van der Waals surface area contributed by atoms with E-state index < -0.39 is 0 Å². The standard InChI is InChI=1S/C20H22N4O2/c1-24(2)13-17-12-19(23-22-17)21-20(25)14-26-18-10-8-16(9-11-18)15-6-4-3-5-7-15/h3-12H,13-14H2,1-2H3,(H2,21,22,23,25). The minimum absolute atomic E-state index is 0.0689. The Morgan fingerprint density at radius 2 is 1.77 bits per heavy atom. The molecule has 0 unspecified atom stereocenters. The van der Waals surface area contributed by atoms with Crippen LogP contribution in [0.1, 0.15) is 5.69 Å². The second kappa shape index (κ2) is 8.31. The fourth-order valence-corrected chi connectivity index (χ4v) is 2.55. The average Bonchev–Trinajstić information content (AvgIpc) is 3.07. The Bertz CT molecular complexity index is 842. The molecule has 3 rings (SSSR count). The Morgan fingerprint density at radius 3 is 2.46 bits per heavy atom. The third-order valence-electron chi connectivity index (χ3n) is 3.72. The average molecular weight is 350 g/mol. The van der Waals surface area contributed by atoms with Crippen LogP contribution in [0.4, 0.5) is 5.82 Å². The molecule has 3 aromatic rings. The van der Waals surface area contributed by atoms with Gasteiger partial charge in [-0.25, -0.2) is 0 Å². The zero-order chi connectivity index (χ0) is 18.4. The number of anilines is 1. The van der Waals surface area contributed by atoms with Crippen molar-refractivity contribution in [2.45, 2.75) is 6.54 Å². The van der Waals surface area contributed by atoms with E-state index in [4.69, 9.17) is 4.74 Å². The Labute approximate surface area is 152 Å². The molecule has 0 spiro atoms. The summed E-state index contributed by atoms with van der Waals surface area (Å²) in [4.78, 5) is 14.0. The summed E-state index contributed by atoms with van der Waals surface area (Å²) in [7, 11) is 3.94. The van der Waals surface area contributed by atoms with Crippen LogP contribution < -0.4 is 10.1 Å². The molecule has 0 saturated heterocycles. The van der Waals surface area contributed by atoms with Crippen molar-refractivity contribution < 1.29 is 9.53 Å². The third-order valence-corrected chi connectivity index (χ3v) is 3.72. The number of aromatic amines is 1. The van der Waals surface area contributed by atoms with Crippen molar-refractivity contribution in [3.63, 3.8) is 0 Å². The number of hydrogen-bond acceptors (Lipinski definition) is 4. The first-order valence-corrected chi connectivity index (χ1v) is 8.37. The predicted octanol–water partition coefficient (Wildman–Crippen LogP) is 3.16. The van der Waals surface area contributed by atoms with E-state index >= 15 is 0 Å². The van der Waals surface area contributed by atoms with Crippen LogP contribution in [-0.2, 0) is 11.3 Å². The van der Waals surface area contributed by atoms with E-state index in [-0.39, 0.29) is 12.5 Å². The van der Waals surface area contributed by atoms with E-state index in [9.17, 15) is 4.79 Å². The molecule has 0 atom stereocenters. The van der Waals surface area contributed by atoms with Crippen LogP contribution >= 0.6 is 0 Å². The summed E-state index contributed by atoms with van der Waals surface area (Å²) in [5.41, 5.74) is 3.18. The van der Waals surface area contributed by atoms with Crippen LogP contribution in [-0.4, -0.2) is 41.7 Å². The second-order valence-corrected chi connectivity index (χ2v) is 6.24. The summed E-state index contributed by atoms with van der Waals surface area (Å²) in [5, 5.41) is 9.68. The van der Waals surface area contributed by atoms with Gasteiger partial charge in [0.1, 0.15) is 5.75 Å². The van der Waals surface area contributed by atoms with E-state index in [0.29, 0.717) is 11.6 Å². The number of carbonyl (C=O) groups is 1. The van der Waals surface area contributed by atoms with Crippen LogP contribution in [0.25, 0.3) is 11.1 Å². The molecule has 0 fully saturated rings. The molecule has 0 aliphatic carbocycles. The van der Waals surface area contributed by atoms with Gasteiger partial charge >= 0.3 is 0 Å². The van der Waals surface area contributed by atoms with Crippen LogP contribution in [0.5, 0.6) is 5.75 Å². The summed E-state index contributed by atoms with van der Waals surface area (Å²) < 4.78 is 5.54. The molecule has 0 radical (unpaired) electrons. The smallest absolute Gasteiger partial charge is 0.263 e. The topological polar surface area (TPSA) is 70.2 Å². The predicted molar refractivity (Wildman–Crippen MR) is 102 cm³/mol. The normalized spacial score (nSPS) is 10.7. The van der Waals surface area contributed by atoms with Gasteiger partial charge in [-0.05, 0) is 37.4 Å². The largest absolute Gasteiger partial charge is 0.484 e. The molecule has 6 nitrogen and oxygen atoms in total. The van der Waals surface area contributed by atoms with Gasteiger partial charge in [0.2, 0.25) is 0 Å². The van der Waals surface area contributed by atoms with Gasteiger partial charge in [-0.15, -0.1) is 0 Å². The van der Waals surface area contributed by atoms with Crippen molar-refractivity contribution in [3.8, 4) is 16.9 Å². The van der Waals surface area contributed by atoms with Gasteiger partial charge in [-0.3, -0.25) is 9.89 Å². The Kier molecular flexibility index (Phi) is 5.66. The van der Waals surface area contributed by atoms with Crippen molar-refractivity contribution in [1.29, 1.82) is 0 Å². The van der Waals surface area contributed by atoms with Gasteiger partial charge in [0.25, 0.3) is 5.91 Å². The van der Waals surface area contributed by atoms with E-state index in [1.54, 1.807) is 0 Å². The van der Waals surface area contributed by atoms with Gasteiger partial charge in [0.05, 0.1) is 5.69 Å². The quantitative estimate of drug-likeness (QED) is 0.687. The molecule has 1 amide bonds. The van der Waals surface area contributed by atoms with E-state index in [1.165, 1.54) is 0 Å². The monoisotopic (exact) mass is 350 g/mol. The number of benzene rings is 2. The Morgan fingerprint density at radius 1 is 1.08 bits per heavy atom. The summed E-state index contributed by atoms with van der Waals surface area (Å²) in [6.45, 7) is 0.660. The number of rotatable bonds is 7. The highest BCUT2D eigenvalue weighted by atomic mass is 16.5. The lowest BCUT2D eigenvalue weighted by Crippen LogP contribution is -2.20. The highest BCUT2D eigenvalue weighted by Crippen LogP contribution is 2.22. The third kappa shape index (κ3) is 4.94. The van der Waals surface area contributed by atoms with E-state index in [2.05, 4.69) is 27.6 Å². The molecule has 0 bridgehead atoms. The molecular weight excluding hydrogens is 328 g/mol. The first-order valence-electron chi connectivity index (χ1n) is 8.37. The fourth-order valence-electron chi connectivity index (χ4n) is 2.55. The number of aromatic nitrogens is 2. The number of nitrogens with zero attached hydrogens (tertiary/aromatic N) is 2. The van der Waals surface area contributed by atoms with Crippen molar-refractivity contribution in [1.82, 2.24) is 15.1 Å². The minimum Gasteiger partial charge on any atom is -0.484 e. The van der Waals surface area contributed by atoms with Crippen LogP contribution in [0, 0.1) is 0 Å². The number of nitrogens with one attached hydrogen (secondary N) is 2. The molecule has 134 valence electrons. The fraction of sp³-hybridized carbons (Fsp3) is 0.200. The lowest BCUT2D eigenvalue weighted by atomic mass is 10.1. The molecule has 1 aromatic heterocycles. The molecule has 26 heavy (non-hydrogen) atoms. The first kappa shape index (κ1) is 17.7. The summed E-state index contributed by atoms with van der Waals surface area (Å²) in [6, 6.07) is 19.6. The summed E-state index contributed by atoms with van der Waals surface area (Å²) >= 11 is 0. The van der Waals surface area contributed by atoms with Gasteiger partial charge < -0.3 is 15.0 Å². The maximum atomic E-state index is 12.0. The van der Waals surface area contributed by atoms with Crippen molar-refractivity contribution in [3.05, 3.63) is 66.4 Å². The lowest BCUT2D eigenvalue weighted by Gasteiger charge is -2.07. The van der Waals surface area contributed by atoms with Crippen molar-refractivity contribution in [2.24, 2.45) is 0 Å². The number of hydrogen-bond donors (Lipinski definition) is 2. The second-order valence-electron chi connectivity index (χ2n) is 6.24. The van der Waals surface area contributed by atoms with Crippen molar-refractivity contribution in [2.75, 3.05) is 26.0 Å². The van der Waals surface area contributed by atoms with Gasteiger partial charge in [-0.1, -0.05) is 42.5 Å². The number of ether oxygens (including phenoxy) is 1. The van der Waals surface area contributed by atoms with Gasteiger partial charge in [0.15, 0.2) is 12.4 Å². The molecule has 6 heteroatoms. The molecule has 0 aliphatic rings. The highest BCUT2D eigenvalue weighted by molar-refractivity contribution is 5.91. The molecule has 0 saturated carbocycles. The molecule has 1 heterocycles. The number of H-pyrrole nitrogens is 1. The van der Waals surface area contributed by atoms with Crippen molar-refractivity contribution >= 4 is 11.7 Å². The maximum absolute atomic E-state index is 12.0. The molecule has 2 aromatic carbocycles. The Balaban J connectivity index is 1.50. The SMILES string of the molecule is CN(C)Cc1cc(NC(=O)COc2ccc(-c3ccccc3)cc2)n[nH]1. The van der Waals surface area contributed by atoms with E-state index in [0.717, 1.165) is 23.4 Å². The van der Waals surface area contributed by atoms with Crippen LogP contribution in [0.2, 0.25) is 0 Å². The first-order chi connectivity index (χ1) is 12.6. The van der Waals surface area contributed by atoms with E-state index in [1.807, 2.05) is 67.5 Å². The van der Waals surface area contributed by atoms with Gasteiger partial charge in [0, 0.05) is 12.6 Å². The van der Waals surface area contributed by atoms with Crippen LogP contribution in [0.15, 0.2) is 60.7 Å². The lowest BCUT2D eigenvalue weighted by molar-refractivity contribution is -0.118. The molecule has 0 aliphatic heterocycles. The zero-order valence-electron chi connectivity index (χ0n) is 14.9. The summed E-state index contributed by atoms with van der Waals surface area (Å²) in [6.07, 6.45) is 0.